The van der Waals surface area contributed by atoms with Gasteiger partial charge in [-0.3, -0.25) is 0 Å². The first-order chi connectivity index (χ1) is 12.8. The zero-order valence-electron chi connectivity index (χ0n) is 14.7. The lowest BCUT2D eigenvalue weighted by Crippen LogP contribution is -2.31. The summed E-state index contributed by atoms with van der Waals surface area (Å²) in [6, 6.07) is 30.2. The van der Waals surface area contributed by atoms with E-state index in [1.807, 2.05) is 73.7 Å². The molecule has 0 bridgehead atoms. The molecule has 3 aromatic carbocycles. The van der Waals surface area contributed by atoms with Crippen LogP contribution in [0.25, 0.3) is 0 Å². The molecule has 26 heavy (non-hydrogen) atoms. The van der Waals surface area contributed by atoms with Gasteiger partial charge in [-0.1, -0.05) is 91.0 Å². The summed E-state index contributed by atoms with van der Waals surface area (Å²) in [5.41, 5.74) is 3.00. The molecule has 1 fully saturated rings. The standard InChI is InChI=1S/C23H22O3/c1-2-24-23(20-16-10-5-11-17-20)25-21(18-12-6-3-7-13-18)22(26-23)19-14-8-4-9-15-19/h3-17,21-22H,2H2,1H3/t21-,22-/m0/s1. The van der Waals surface area contributed by atoms with Crippen LogP contribution in [0.5, 0.6) is 0 Å². The second kappa shape index (κ2) is 7.42. The van der Waals surface area contributed by atoms with E-state index in [9.17, 15) is 0 Å². The van der Waals surface area contributed by atoms with E-state index in [1.54, 1.807) is 0 Å². The maximum Gasteiger partial charge on any atom is 0.313 e. The minimum Gasteiger partial charge on any atom is -0.324 e. The van der Waals surface area contributed by atoms with Crippen molar-refractivity contribution < 1.29 is 14.2 Å². The van der Waals surface area contributed by atoms with Crippen molar-refractivity contribution in [3.05, 3.63) is 108 Å². The highest BCUT2D eigenvalue weighted by Gasteiger charge is 2.51. The van der Waals surface area contributed by atoms with Crippen LogP contribution in [0.3, 0.4) is 0 Å². The third kappa shape index (κ3) is 3.17. The molecule has 132 valence electrons. The first-order valence-electron chi connectivity index (χ1n) is 8.97. The molecule has 1 aliphatic rings. The second-order valence-corrected chi connectivity index (χ2v) is 6.25. The number of benzene rings is 3. The summed E-state index contributed by atoms with van der Waals surface area (Å²) in [4.78, 5) is 0. The van der Waals surface area contributed by atoms with E-state index in [4.69, 9.17) is 14.2 Å². The number of rotatable bonds is 5. The van der Waals surface area contributed by atoms with E-state index in [1.165, 1.54) is 0 Å². The van der Waals surface area contributed by atoms with Crippen molar-refractivity contribution in [1.29, 1.82) is 0 Å². The fourth-order valence-electron chi connectivity index (χ4n) is 3.38. The predicted octanol–water partition coefficient (Wildman–Crippen LogP) is 5.36. The molecule has 0 unspecified atom stereocenters. The third-order valence-electron chi connectivity index (χ3n) is 4.56. The third-order valence-corrected chi connectivity index (χ3v) is 4.56. The average Bonchev–Trinajstić information content (AvgIpc) is 3.11. The largest absolute Gasteiger partial charge is 0.324 e. The molecule has 3 nitrogen and oxygen atoms in total. The monoisotopic (exact) mass is 346 g/mol. The van der Waals surface area contributed by atoms with Crippen LogP contribution < -0.4 is 0 Å². The van der Waals surface area contributed by atoms with Crippen LogP contribution in [0, 0.1) is 0 Å². The molecule has 2 atom stereocenters. The van der Waals surface area contributed by atoms with Crippen molar-refractivity contribution in [2.75, 3.05) is 6.61 Å². The molecule has 0 spiro atoms. The minimum absolute atomic E-state index is 0.259. The molecule has 0 aromatic heterocycles. The summed E-state index contributed by atoms with van der Waals surface area (Å²) < 4.78 is 19.0. The Morgan fingerprint density at radius 2 is 1.12 bits per heavy atom. The van der Waals surface area contributed by atoms with Gasteiger partial charge in [-0.05, 0) is 18.1 Å². The molecule has 1 heterocycles. The summed E-state index contributed by atoms with van der Waals surface area (Å²) >= 11 is 0. The van der Waals surface area contributed by atoms with Gasteiger partial charge in [0.15, 0.2) is 0 Å². The summed E-state index contributed by atoms with van der Waals surface area (Å²) in [5, 5.41) is 0. The van der Waals surface area contributed by atoms with Gasteiger partial charge in [-0.2, -0.15) is 0 Å². The van der Waals surface area contributed by atoms with Gasteiger partial charge in [0.25, 0.3) is 0 Å². The van der Waals surface area contributed by atoms with Gasteiger partial charge in [0.2, 0.25) is 0 Å². The highest BCUT2D eigenvalue weighted by Crippen LogP contribution is 2.51. The lowest BCUT2D eigenvalue weighted by atomic mass is 9.99. The maximum absolute atomic E-state index is 6.48. The van der Waals surface area contributed by atoms with Crippen molar-refractivity contribution in [2.24, 2.45) is 0 Å². The van der Waals surface area contributed by atoms with Crippen molar-refractivity contribution in [3.8, 4) is 0 Å². The highest BCUT2D eigenvalue weighted by molar-refractivity contribution is 5.28. The van der Waals surface area contributed by atoms with Gasteiger partial charge in [-0.25, -0.2) is 0 Å². The van der Waals surface area contributed by atoms with Crippen molar-refractivity contribution in [1.82, 2.24) is 0 Å². The summed E-state index contributed by atoms with van der Waals surface area (Å²) in [6.45, 7) is 2.43. The van der Waals surface area contributed by atoms with Crippen molar-refractivity contribution in [2.45, 2.75) is 25.1 Å². The first-order valence-corrected chi connectivity index (χ1v) is 8.97. The Hall–Kier alpha value is -2.46. The Balaban J connectivity index is 1.79. The van der Waals surface area contributed by atoms with Crippen molar-refractivity contribution in [3.63, 3.8) is 0 Å². The van der Waals surface area contributed by atoms with E-state index in [2.05, 4.69) is 24.3 Å². The van der Waals surface area contributed by atoms with E-state index >= 15 is 0 Å². The number of hydrogen-bond donors (Lipinski definition) is 0. The molecule has 3 aromatic rings. The molecule has 3 heteroatoms. The second-order valence-electron chi connectivity index (χ2n) is 6.25. The Morgan fingerprint density at radius 3 is 1.54 bits per heavy atom. The first kappa shape index (κ1) is 17.0. The van der Waals surface area contributed by atoms with E-state index in [0.717, 1.165) is 16.7 Å². The average molecular weight is 346 g/mol. The van der Waals surface area contributed by atoms with Crippen LogP contribution in [-0.2, 0) is 20.2 Å². The molecule has 1 aliphatic heterocycles. The van der Waals surface area contributed by atoms with Crippen LogP contribution in [0.1, 0.15) is 35.8 Å². The molecule has 0 N–H and O–H groups in total. The molecule has 0 aliphatic carbocycles. The molecular formula is C23H22O3. The molecule has 1 saturated heterocycles. The minimum atomic E-state index is -1.21. The Morgan fingerprint density at radius 1 is 0.692 bits per heavy atom. The smallest absolute Gasteiger partial charge is 0.313 e. The summed E-state index contributed by atoms with van der Waals surface area (Å²) in [7, 11) is 0. The fraction of sp³-hybridized carbons (Fsp3) is 0.217. The summed E-state index contributed by atoms with van der Waals surface area (Å²) in [5.74, 6) is -1.21. The van der Waals surface area contributed by atoms with E-state index in [0.29, 0.717) is 6.61 Å². The zero-order valence-corrected chi connectivity index (χ0v) is 14.7. The quantitative estimate of drug-likeness (QED) is 0.622. The fourth-order valence-corrected chi connectivity index (χ4v) is 3.38. The van der Waals surface area contributed by atoms with Gasteiger partial charge >= 0.3 is 5.97 Å². The van der Waals surface area contributed by atoms with Crippen LogP contribution in [0.4, 0.5) is 0 Å². The van der Waals surface area contributed by atoms with E-state index < -0.39 is 5.97 Å². The predicted molar refractivity (Wildman–Crippen MR) is 100 cm³/mol. The van der Waals surface area contributed by atoms with Crippen molar-refractivity contribution >= 4 is 0 Å². The molecule has 4 rings (SSSR count). The van der Waals surface area contributed by atoms with Crippen LogP contribution in [0.15, 0.2) is 91.0 Å². The maximum atomic E-state index is 6.48. The van der Waals surface area contributed by atoms with Crippen LogP contribution in [-0.4, -0.2) is 6.61 Å². The molecular weight excluding hydrogens is 324 g/mol. The summed E-state index contributed by atoms with van der Waals surface area (Å²) in [6.07, 6.45) is -0.518. The normalized spacial score (nSPS) is 21.6. The van der Waals surface area contributed by atoms with Gasteiger partial charge < -0.3 is 14.2 Å². The van der Waals surface area contributed by atoms with Gasteiger partial charge in [-0.15, -0.1) is 0 Å². The lowest BCUT2D eigenvalue weighted by molar-refractivity contribution is -0.353. The zero-order chi connectivity index (χ0) is 17.8. The number of ether oxygens (including phenoxy) is 3. The SMILES string of the molecule is CCOC1(c2ccccc2)O[C@@H](c2ccccc2)[C@H](c2ccccc2)O1. The number of hydrogen-bond acceptors (Lipinski definition) is 3. The Bertz CT molecular complexity index is 770. The molecule has 0 saturated carbocycles. The van der Waals surface area contributed by atoms with Gasteiger partial charge in [0.1, 0.15) is 12.2 Å². The lowest BCUT2D eigenvalue weighted by Gasteiger charge is -2.27. The van der Waals surface area contributed by atoms with Crippen LogP contribution in [0.2, 0.25) is 0 Å². The highest BCUT2D eigenvalue weighted by atomic mass is 16.9. The molecule has 0 amide bonds. The Kier molecular flexibility index (Phi) is 4.85. The van der Waals surface area contributed by atoms with Gasteiger partial charge in [0.05, 0.1) is 0 Å². The topological polar surface area (TPSA) is 27.7 Å². The Labute approximate surface area is 154 Å². The van der Waals surface area contributed by atoms with E-state index in [-0.39, 0.29) is 12.2 Å². The molecule has 0 radical (unpaired) electrons. The van der Waals surface area contributed by atoms with Crippen LogP contribution >= 0.6 is 0 Å². The van der Waals surface area contributed by atoms with Gasteiger partial charge in [0, 0.05) is 12.2 Å².